The van der Waals surface area contributed by atoms with Crippen LogP contribution in [0.3, 0.4) is 0 Å². The Labute approximate surface area is 156 Å². The standard InChI is InChI=1S/C22H19BrO2/c1-24-18-14-12-16(13-15-18)21(19-10-6-7-11-20(19)25-2)22(23)17-8-4-3-5-9-17/h3-15H,1-2H3/b22-21-. The van der Waals surface area contributed by atoms with Gasteiger partial charge in [-0.05, 0) is 45.3 Å². The molecule has 0 saturated heterocycles. The molecule has 0 N–H and O–H groups in total. The van der Waals surface area contributed by atoms with E-state index in [4.69, 9.17) is 9.47 Å². The normalized spacial score (nSPS) is 11.6. The molecule has 0 saturated carbocycles. The van der Waals surface area contributed by atoms with Crippen molar-refractivity contribution < 1.29 is 9.47 Å². The summed E-state index contributed by atoms with van der Waals surface area (Å²) in [6.07, 6.45) is 0. The van der Waals surface area contributed by atoms with Crippen LogP contribution in [0, 0.1) is 0 Å². The maximum atomic E-state index is 5.60. The van der Waals surface area contributed by atoms with Crippen molar-refractivity contribution in [3.8, 4) is 11.5 Å². The van der Waals surface area contributed by atoms with Crippen molar-refractivity contribution >= 4 is 26.0 Å². The fraction of sp³-hybridized carbons (Fsp3) is 0.0909. The summed E-state index contributed by atoms with van der Waals surface area (Å²) in [5.74, 6) is 1.67. The molecule has 2 nitrogen and oxygen atoms in total. The van der Waals surface area contributed by atoms with Gasteiger partial charge in [-0.25, -0.2) is 0 Å². The van der Waals surface area contributed by atoms with E-state index in [9.17, 15) is 0 Å². The average Bonchev–Trinajstić information content (AvgIpc) is 2.69. The van der Waals surface area contributed by atoms with Gasteiger partial charge >= 0.3 is 0 Å². The zero-order chi connectivity index (χ0) is 17.6. The summed E-state index contributed by atoms with van der Waals surface area (Å²) in [5.41, 5.74) is 4.30. The largest absolute Gasteiger partial charge is 0.497 e. The van der Waals surface area contributed by atoms with E-state index in [2.05, 4.69) is 46.3 Å². The van der Waals surface area contributed by atoms with Gasteiger partial charge in [0.25, 0.3) is 0 Å². The number of ether oxygens (including phenoxy) is 2. The Morgan fingerprint density at radius 2 is 1.32 bits per heavy atom. The van der Waals surface area contributed by atoms with Crippen LogP contribution in [0.1, 0.15) is 16.7 Å². The molecule has 0 amide bonds. The monoisotopic (exact) mass is 394 g/mol. The Bertz CT molecular complexity index is 868. The van der Waals surface area contributed by atoms with Gasteiger partial charge in [0, 0.05) is 15.6 Å². The van der Waals surface area contributed by atoms with Gasteiger partial charge in [-0.15, -0.1) is 0 Å². The smallest absolute Gasteiger partial charge is 0.126 e. The number of para-hydroxylation sites is 1. The third-order valence-corrected chi connectivity index (χ3v) is 4.86. The average molecular weight is 395 g/mol. The molecule has 0 bridgehead atoms. The molecule has 0 spiro atoms. The van der Waals surface area contributed by atoms with Crippen molar-refractivity contribution in [2.75, 3.05) is 14.2 Å². The highest BCUT2D eigenvalue weighted by Gasteiger charge is 2.15. The molecule has 0 aliphatic rings. The lowest BCUT2D eigenvalue weighted by Crippen LogP contribution is -1.96. The second-order valence-electron chi connectivity index (χ2n) is 5.48. The predicted octanol–water partition coefficient (Wildman–Crippen LogP) is 6.02. The summed E-state index contributed by atoms with van der Waals surface area (Å²) in [5, 5.41) is 0. The first kappa shape index (κ1) is 17.3. The van der Waals surface area contributed by atoms with E-state index in [0.717, 1.165) is 38.2 Å². The van der Waals surface area contributed by atoms with Crippen LogP contribution < -0.4 is 9.47 Å². The molecule has 0 radical (unpaired) electrons. The molecule has 25 heavy (non-hydrogen) atoms. The van der Waals surface area contributed by atoms with E-state index >= 15 is 0 Å². The highest BCUT2D eigenvalue weighted by Crippen LogP contribution is 2.40. The molecule has 126 valence electrons. The molecular weight excluding hydrogens is 376 g/mol. The van der Waals surface area contributed by atoms with Crippen molar-refractivity contribution in [1.82, 2.24) is 0 Å². The lowest BCUT2D eigenvalue weighted by atomic mass is 9.94. The van der Waals surface area contributed by atoms with Gasteiger partial charge in [0.15, 0.2) is 0 Å². The van der Waals surface area contributed by atoms with Gasteiger partial charge in [0.2, 0.25) is 0 Å². The van der Waals surface area contributed by atoms with Crippen molar-refractivity contribution in [3.05, 3.63) is 95.6 Å². The minimum absolute atomic E-state index is 0.832. The van der Waals surface area contributed by atoms with E-state index in [0.29, 0.717) is 0 Å². The van der Waals surface area contributed by atoms with E-state index in [1.807, 2.05) is 48.5 Å². The number of benzene rings is 3. The quantitative estimate of drug-likeness (QED) is 0.492. The highest BCUT2D eigenvalue weighted by molar-refractivity contribution is 9.15. The molecule has 0 aromatic heterocycles. The molecule has 0 heterocycles. The fourth-order valence-corrected chi connectivity index (χ4v) is 3.44. The van der Waals surface area contributed by atoms with Gasteiger partial charge in [0.05, 0.1) is 14.2 Å². The Morgan fingerprint density at radius 1 is 0.680 bits per heavy atom. The summed E-state index contributed by atoms with van der Waals surface area (Å²) in [7, 11) is 3.37. The minimum Gasteiger partial charge on any atom is -0.497 e. The number of hydrogen-bond acceptors (Lipinski definition) is 2. The molecular formula is C22H19BrO2. The first-order chi connectivity index (χ1) is 12.2. The van der Waals surface area contributed by atoms with Crippen molar-refractivity contribution in [2.24, 2.45) is 0 Å². The topological polar surface area (TPSA) is 18.5 Å². The third kappa shape index (κ3) is 3.77. The molecule has 3 aromatic carbocycles. The molecule has 0 aliphatic heterocycles. The minimum atomic E-state index is 0.832. The van der Waals surface area contributed by atoms with Gasteiger partial charge in [0.1, 0.15) is 11.5 Å². The number of rotatable bonds is 5. The van der Waals surface area contributed by atoms with Crippen molar-refractivity contribution in [2.45, 2.75) is 0 Å². The Balaban J connectivity index is 2.24. The molecule has 0 fully saturated rings. The van der Waals surface area contributed by atoms with Crippen LogP contribution in [0.25, 0.3) is 10.1 Å². The first-order valence-electron chi connectivity index (χ1n) is 7.97. The fourth-order valence-electron chi connectivity index (χ4n) is 2.74. The Hall–Kier alpha value is -2.52. The Morgan fingerprint density at radius 3 is 1.96 bits per heavy atom. The molecule has 3 aromatic rings. The van der Waals surface area contributed by atoms with Crippen LogP contribution in [0.5, 0.6) is 11.5 Å². The van der Waals surface area contributed by atoms with Gasteiger partial charge in [-0.3, -0.25) is 0 Å². The van der Waals surface area contributed by atoms with Crippen LogP contribution in [0.2, 0.25) is 0 Å². The number of hydrogen-bond donors (Lipinski definition) is 0. The zero-order valence-electron chi connectivity index (χ0n) is 14.2. The summed E-state index contributed by atoms with van der Waals surface area (Å²) < 4.78 is 11.9. The van der Waals surface area contributed by atoms with E-state index in [1.54, 1.807) is 14.2 Å². The third-order valence-electron chi connectivity index (χ3n) is 4.00. The second-order valence-corrected chi connectivity index (χ2v) is 6.28. The zero-order valence-corrected chi connectivity index (χ0v) is 15.8. The van der Waals surface area contributed by atoms with Crippen molar-refractivity contribution in [3.63, 3.8) is 0 Å². The second kappa shape index (κ2) is 8.04. The summed E-state index contributed by atoms with van der Waals surface area (Å²) in [6.45, 7) is 0. The lowest BCUT2D eigenvalue weighted by molar-refractivity contribution is 0.413. The van der Waals surface area contributed by atoms with Gasteiger partial charge in [-0.2, -0.15) is 0 Å². The van der Waals surface area contributed by atoms with E-state index in [-0.39, 0.29) is 0 Å². The van der Waals surface area contributed by atoms with Gasteiger partial charge in [-0.1, -0.05) is 60.7 Å². The number of halogens is 1. The maximum Gasteiger partial charge on any atom is 0.126 e. The van der Waals surface area contributed by atoms with Crippen LogP contribution in [0.4, 0.5) is 0 Å². The molecule has 3 heteroatoms. The van der Waals surface area contributed by atoms with E-state index in [1.165, 1.54) is 0 Å². The van der Waals surface area contributed by atoms with Gasteiger partial charge < -0.3 is 9.47 Å². The molecule has 3 rings (SSSR count). The van der Waals surface area contributed by atoms with Crippen LogP contribution in [-0.4, -0.2) is 14.2 Å². The van der Waals surface area contributed by atoms with Crippen LogP contribution >= 0.6 is 15.9 Å². The first-order valence-corrected chi connectivity index (χ1v) is 8.77. The summed E-state index contributed by atoms with van der Waals surface area (Å²) >= 11 is 3.82. The lowest BCUT2D eigenvalue weighted by Gasteiger charge is -2.16. The molecule has 0 atom stereocenters. The van der Waals surface area contributed by atoms with Crippen LogP contribution in [-0.2, 0) is 0 Å². The highest BCUT2D eigenvalue weighted by atomic mass is 79.9. The molecule has 0 aliphatic carbocycles. The number of methoxy groups -OCH3 is 2. The Kier molecular flexibility index (Phi) is 5.56. The summed E-state index contributed by atoms with van der Waals surface area (Å²) in [4.78, 5) is 0. The molecule has 0 unspecified atom stereocenters. The maximum absolute atomic E-state index is 5.60. The van der Waals surface area contributed by atoms with Crippen molar-refractivity contribution in [1.29, 1.82) is 0 Å². The van der Waals surface area contributed by atoms with Crippen LogP contribution in [0.15, 0.2) is 78.9 Å². The predicted molar refractivity (Wildman–Crippen MR) is 107 cm³/mol. The van der Waals surface area contributed by atoms with E-state index < -0.39 is 0 Å². The summed E-state index contributed by atoms with van der Waals surface area (Å²) in [6, 6.07) is 26.4. The SMILES string of the molecule is COc1ccc(/C(=C(/Br)c2ccccc2)c2ccccc2OC)cc1.